The van der Waals surface area contributed by atoms with Crippen LogP contribution < -0.4 is 10.2 Å². The molecule has 0 aromatic heterocycles. The zero-order valence-corrected chi connectivity index (χ0v) is 17.4. The van der Waals surface area contributed by atoms with Gasteiger partial charge in [-0.15, -0.1) is 0 Å². The highest BCUT2D eigenvalue weighted by atomic mass is 19.1. The summed E-state index contributed by atoms with van der Waals surface area (Å²) in [4.78, 5) is 42.6. The quantitative estimate of drug-likeness (QED) is 0.820. The van der Waals surface area contributed by atoms with Crippen LogP contribution in [0.1, 0.15) is 27.9 Å². The number of carbonyl (C=O) groups is 3. The van der Waals surface area contributed by atoms with Crippen molar-refractivity contribution in [2.24, 2.45) is 0 Å². The molecule has 2 aliphatic heterocycles. The fraction of sp³-hybridized carbons (Fsp3) is 0.348. The predicted octanol–water partition coefficient (Wildman–Crippen LogP) is 2.54. The van der Waals surface area contributed by atoms with E-state index in [1.165, 1.54) is 6.07 Å². The fourth-order valence-electron chi connectivity index (χ4n) is 3.99. The number of benzene rings is 2. The molecule has 0 saturated carbocycles. The maximum atomic E-state index is 14.0. The second kappa shape index (κ2) is 8.75. The molecule has 0 atom stereocenters. The smallest absolute Gasteiger partial charge is 0.322 e. The monoisotopic (exact) mass is 424 g/mol. The van der Waals surface area contributed by atoms with Gasteiger partial charge in [-0.3, -0.25) is 14.5 Å². The van der Waals surface area contributed by atoms with Gasteiger partial charge in [-0.05, 0) is 30.7 Å². The average molecular weight is 424 g/mol. The van der Waals surface area contributed by atoms with Crippen molar-refractivity contribution in [2.75, 3.05) is 37.6 Å². The molecule has 7 nitrogen and oxygen atoms in total. The van der Waals surface area contributed by atoms with Crippen molar-refractivity contribution < 1.29 is 18.8 Å². The molecule has 0 bridgehead atoms. The summed E-state index contributed by atoms with van der Waals surface area (Å²) in [7, 11) is 0. The Morgan fingerprint density at radius 1 is 1.06 bits per heavy atom. The maximum Gasteiger partial charge on any atom is 0.322 e. The first-order valence-corrected chi connectivity index (χ1v) is 10.4. The van der Waals surface area contributed by atoms with E-state index in [9.17, 15) is 18.8 Å². The van der Waals surface area contributed by atoms with Crippen molar-refractivity contribution in [3.05, 3.63) is 65.0 Å². The Bertz CT molecular complexity index is 1030. The third kappa shape index (κ3) is 4.38. The Kier molecular flexibility index (Phi) is 5.88. The highest BCUT2D eigenvalue weighted by Crippen LogP contribution is 2.24. The van der Waals surface area contributed by atoms with Crippen LogP contribution in [0.4, 0.5) is 14.9 Å². The first kappa shape index (κ1) is 20.8. The summed E-state index contributed by atoms with van der Waals surface area (Å²) in [5.74, 6) is -0.621. The second-order valence-corrected chi connectivity index (χ2v) is 7.83. The van der Waals surface area contributed by atoms with E-state index < -0.39 is 0 Å². The summed E-state index contributed by atoms with van der Waals surface area (Å²) in [5, 5.41) is 2.77. The minimum atomic E-state index is -0.342. The summed E-state index contributed by atoms with van der Waals surface area (Å²) in [6, 6.07) is 11.6. The Labute approximate surface area is 180 Å². The molecule has 2 aromatic rings. The molecular formula is C23H25FN4O3. The van der Waals surface area contributed by atoms with Gasteiger partial charge in [0.15, 0.2) is 0 Å². The Hall–Kier alpha value is -3.42. The molecular weight excluding hydrogens is 399 g/mol. The summed E-state index contributed by atoms with van der Waals surface area (Å²) < 4.78 is 14.0. The molecule has 2 fully saturated rings. The minimum absolute atomic E-state index is 0.100. The Morgan fingerprint density at radius 2 is 1.87 bits per heavy atom. The molecule has 0 spiro atoms. The summed E-state index contributed by atoms with van der Waals surface area (Å²) in [5.41, 5.74) is 2.57. The van der Waals surface area contributed by atoms with Crippen LogP contribution in [0.5, 0.6) is 0 Å². The molecule has 2 saturated heterocycles. The standard InChI is InChI=1S/C23H25FN4O3/c1-16-6-7-17(14-20(16)28-11-9-25-23(28)31)22(30)26-10-8-21(29)27(13-12-26)15-18-4-2-3-5-19(18)24/h2-7,14H,8-13,15H2,1H3,(H,25,31). The molecule has 31 heavy (non-hydrogen) atoms. The number of urea groups is 1. The van der Waals surface area contributed by atoms with Crippen molar-refractivity contribution in [3.8, 4) is 0 Å². The summed E-state index contributed by atoms with van der Waals surface area (Å²) in [6.45, 7) is 4.23. The highest BCUT2D eigenvalue weighted by Gasteiger charge is 2.27. The number of nitrogens with one attached hydrogen (secondary N) is 1. The van der Waals surface area contributed by atoms with E-state index in [-0.39, 0.29) is 36.6 Å². The van der Waals surface area contributed by atoms with Crippen molar-refractivity contribution in [1.82, 2.24) is 15.1 Å². The van der Waals surface area contributed by atoms with Gasteiger partial charge in [0, 0.05) is 62.5 Å². The van der Waals surface area contributed by atoms with E-state index in [2.05, 4.69) is 5.32 Å². The number of rotatable bonds is 4. The molecule has 1 N–H and O–H groups in total. The molecule has 4 amide bonds. The van der Waals surface area contributed by atoms with Crippen LogP contribution in [0.2, 0.25) is 0 Å². The number of carbonyl (C=O) groups excluding carboxylic acids is 3. The van der Waals surface area contributed by atoms with Crippen LogP contribution in [-0.4, -0.2) is 60.4 Å². The third-order valence-electron chi connectivity index (χ3n) is 5.80. The lowest BCUT2D eigenvalue weighted by atomic mass is 10.1. The maximum absolute atomic E-state index is 14.0. The van der Waals surface area contributed by atoms with Crippen molar-refractivity contribution in [1.29, 1.82) is 0 Å². The second-order valence-electron chi connectivity index (χ2n) is 7.83. The lowest BCUT2D eigenvalue weighted by molar-refractivity contribution is -0.130. The Balaban J connectivity index is 1.48. The van der Waals surface area contributed by atoms with E-state index in [0.717, 1.165) is 5.56 Å². The van der Waals surface area contributed by atoms with Gasteiger partial charge in [-0.2, -0.15) is 0 Å². The number of hydrogen-bond acceptors (Lipinski definition) is 3. The summed E-state index contributed by atoms with van der Waals surface area (Å²) >= 11 is 0. The molecule has 0 radical (unpaired) electrons. The van der Waals surface area contributed by atoms with Crippen LogP contribution in [0, 0.1) is 12.7 Å². The van der Waals surface area contributed by atoms with Gasteiger partial charge in [0.1, 0.15) is 5.82 Å². The van der Waals surface area contributed by atoms with Crippen molar-refractivity contribution >= 4 is 23.5 Å². The normalized spacial score (nSPS) is 17.0. The number of nitrogens with zero attached hydrogens (tertiary/aromatic N) is 3. The van der Waals surface area contributed by atoms with Gasteiger partial charge in [-0.1, -0.05) is 24.3 Å². The van der Waals surface area contributed by atoms with Gasteiger partial charge in [0.05, 0.1) is 0 Å². The van der Waals surface area contributed by atoms with Gasteiger partial charge in [0.25, 0.3) is 5.91 Å². The molecule has 2 heterocycles. The van der Waals surface area contributed by atoms with Crippen LogP contribution in [0.25, 0.3) is 0 Å². The fourth-order valence-corrected chi connectivity index (χ4v) is 3.99. The molecule has 8 heteroatoms. The molecule has 4 rings (SSSR count). The molecule has 0 aliphatic carbocycles. The zero-order chi connectivity index (χ0) is 22.0. The van der Waals surface area contributed by atoms with Crippen molar-refractivity contribution in [3.63, 3.8) is 0 Å². The van der Waals surface area contributed by atoms with E-state index in [0.29, 0.717) is 49.5 Å². The molecule has 2 aromatic carbocycles. The largest absolute Gasteiger partial charge is 0.336 e. The predicted molar refractivity (Wildman–Crippen MR) is 114 cm³/mol. The number of halogens is 1. The Morgan fingerprint density at radius 3 is 2.61 bits per heavy atom. The lowest BCUT2D eigenvalue weighted by Gasteiger charge is -2.23. The molecule has 0 unspecified atom stereocenters. The van der Waals surface area contributed by atoms with E-state index >= 15 is 0 Å². The average Bonchev–Trinajstić information content (AvgIpc) is 3.10. The zero-order valence-electron chi connectivity index (χ0n) is 17.4. The number of hydrogen-bond donors (Lipinski definition) is 1. The minimum Gasteiger partial charge on any atom is -0.336 e. The first-order chi connectivity index (χ1) is 14.9. The SMILES string of the molecule is Cc1ccc(C(=O)N2CCC(=O)N(Cc3ccccc3F)CC2)cc1N1CCNC1=O. The van der Waals surface area contributed by atoms with Gasteiger partial charge < -0.3 is 15.1 Å². The van der Waals surface area contributed by atoms with Gasteiger partial charge in [-0.25, -0.2) is 9.18 Å². The molecule has 2 aliphatic rings. The topological polar surface area (TPSA) is 73.0 Å². The number of amides is 4. The van der Waals surface area contributed by atoms with Crippen LogP contribution >= 0.6 is 0 Å². The first-order valence-electron chi connectivity index (χ1n) is 10.4. The molecule has 162 valence electrons. The third-order valence-corrected chi connectivity index (χ3v) is 5.80. The van der Waals surface area contributed by atoms with Crippen LogP contribution in [0.15, 0.2) is 42.5 Å². The van der Waals surface area contributed by atoms with Gasteiger partial charge in [0.2, 0.25) is 5.91 Å². The van der Waals surface area contributed by atoms with Crippen LogP contribution in [-0.2, 0) is 11.3 Å². The van der Waals surface area contributed by atoms with Crippen LogP contribution in [0.3, 0.4) is 0 Å². The van der Waals surface area contributed by atoms with E-state index in [1.54, 1.807) is 45.0 Å². The van der Waals surface area contributed by atoms with E-state index in [1.807, 2.05) is 13.0 Å². The highest BCUT2D eigenvalue weighted by molar-refractivity contribution is 5.99. The van der Waals surface area contributed by atoms with Gasteiger partial charge >= 0.3 is 6.03 Å². The lowest BCUT2D eigenvalue weighted by Crippen LogP contribution is -2.36. The number of aryl methyl sites for hydroxylation is 1. The van der Waals surface area contributed by atoms with E-state index in [4.69, 9.17) is 0 Å². The summed E-state index contributed by atoms with van der Waals surface area (Å²) in [6.07, 6.45) is 0.188. The van der Waals surface area contributed by atoms with Crippen molar-refractivity contribution in [2.45, 2.75) is 19.9 Å². The number of anilines is 1.